The Morgan fingerprint density at radius 1 is 1.32 bits per heavy atom. The molecule has 0 bridgehead atoms. The fraction of sp³-hybridized carbons (Fsp3) is 0.214. The molecule has 1 atom stereocenters. The number of aromatic nitrogens is 1. The van der Waals surface area contributed by atoms with E-state index in [-0.39, 0.29) is 0 Å². The van der Waals surface area contributed by atoms with Crippen molar-refractivity contribution in [2.45, 2.75) is 19.1 Å². The highest BCUT2D eigenvalue weighted by atomic mass is 15.3. The number of amidine groups is 1. The summed E-state index contributed by atoms with van der Waals surface area (Å²) in [5, 5.41) is 4.23. The lowest BCUT2D eigenvalue weighted by Crippen LogP contribution is -2.54. The summed E-state index contributed by atoms with van der Waals surface area (Å²) in [6, 6.07) is 8.36. The molecule has 3 rings (SSSR count). The number of aromatic amines is 1. The van der Waals surface area contributed by atoms with E-state index in [9.17, 15) is 0 Å². The number of hydrogen-bond acceptors (Lipinski definition) is 4. The van der Waals surface area contributed by atoms with Crippen LogP contribution in [0.4, 0.5) is 0 Å². The molecule has 1 aliphatic heterocycles. The van der Waals surface area contributed by atoms with E-state index in [1.807, 2.05) is 6.92 Å². The molecule has 19 heavy (non-hydrogen) atoms. The van der Waals surface area contributed by atoms with Gasteiger partial charge in [0.1, 0.15) is 5.84 Å². The number of nitrogens with one attached hydrogen (secondary N) is 2. The van der Waals surface area contributed by atoms with Gasteiger partial charge >= 0.3 is 0 Å². The molecule has 1 aromatic carbocycles. The van der Waals surface area contributed by atoms with Crippen LogP contribution < -0.4 is 16.8 Å². The lowest BCUT2D eigenvalue weighted by atomic mass is 10.0. The number of rotatable bonds is 2. The maximum Gasteiger partial charge on any atom is 0.188 e. The Kier molecular flexibility index (Phi) is 2.57. The second-order valence-electron chi connectivity index (χ2n) is 4.99. The van der Waals surface area contributed by atoms with Crippen molar-refractivity contribution in [1.29, 1.82) is 0 Å². The normalized spacial score (nSPS) is 22.3. The summed E-state index contributed by atoms with van der Waals surface area (Å²) >= 11 is 0. The number of fused-ring (bicyclic) bond motifs is 1. The zero-order chi connectivity index (χ0) is 13.5. The Hall–Kier alpha value is -2.27. The monoisotopic (exact) mass is 255 g/mol. The van der Waals surface area contributed by atoms with Crippen LogP contribution in [-0.2, 0) is 6.42 Å². The van der Waals surface area contributed by atoms with Crippen LogP contribution in [0.1, 0.15) is 11.3 Å². The van der Waals surface area contributed by atoms with Gasteiger partial charge in [-0.05, 0) is 42.1 Å². The van der Waals surface area contributed by atoms with Crippen LogP contribution >= 0.6 is 0 Å². The molecule has 98 valence electrons. The van der Waals surface area contributed by atoms with Gasteiger partial charge in [0, 0.05) is 23.8 Å². The molecular weight excluding hydrogens is 238 g/mol. The molecule has 5 nitrogen and oxygen atoms in total. The molecule has 1 aromatic heterocycles. The highest BCUT2D eigenvalue weighted by Gasteiger charge is 2.25. The van der Waals surface area contributed by atoms with E-state index in [1.54, 1.807) is 12.3 Å². The lowest BCUT2D eigenvalue weighted by Gasteiger charge is -2.28. The van der Waals surface area contributed by atoms with Crippen molar-refractivity contribution < 1.29 is 0 Å². The van der Waals surface area contributed by atoms with Crippen LogP contribution in [0.3, 0.4) is 0 Å². The van der Waals surface area contributed by atoms with E-state index in [1.165, 1.54) is 5.39 Å². The number of H-pyrrole nitrogens is 1. The molecule has 2 aromatic rings. The first-order chi connectivity index (χ1) is 9.04. The number of aryl methyl sites for hydroxylation is 1. The Labute approximate surface area is 111 Å². The zero-order valence-corrected chi connectivity index (χ0v) is 10.8. The van der Waals surface area contributed by atoms with E-state index in [0.717, 1.165) is 16.8 Å². The van der Waals surface area contributed by atoms with Crippen molar-refractivity contribution in [3.05, 3.63) is 47.8 Å². The standard InChI is InChI=1S/C14H17N5/c1-9-6-11-7-10(2-3-12(11)18-9)8-14(16)17-5-4-13(15)19-14/h2-7,17-18H,8,16H2,1H3,(H2,15,19). The van der Waals surface area contributed by atoms with Crippen LogP contribution in [0.2, 0.25) is 0 Å². The fourth-order valence-corrected chi connectivity index (χ4v) is 2.41. The van der Waals surface area contributed by atoms with Gasteiger partial charge in [-0.3, -0.25) is 5.73 Å². The van der Waals surface area contributed by atoms with Crippen molar-refractivity contribution in [2.24, 2.45) is 16.5 Å². The van der Waals surface area contributed by atoms with Crippen LogP contribution in [0, 0.1) is 6.92 Å². The van der Waals surface area contributed by atoms with Gasteiger partial charge in [0.2, 0.25) is 0 Å². The van der Waals surface area contributed by atoms with Crippen molar-refractivity contribution in [1.82, 2.24) is 10.3 Å². The summed E-state index contributed by atoms with van der Waals surface area (Å²) in [6.45, 7) is 2.04. The molecule has 0 amide bonds. The molecule has 0 saturated heterocycles. The molecule has 0 spiro atoms. The van der Waals surface area contributed by atoms with Gasteiger partial charge in [-0.15, -0.1) is 0 Å². The fourth-order valence-electron chi connectivity index (χ4n) is 2.41. The topological polar surface area (TPSA) is 92.2 Å². The highest BCUT2D eigenvalue weighted by Crippen LogP contribution is 2.20. The van der Waals surface area contributed by atoms with E-state index >= 15 is 0 Å². The van der Waals surface area contributed by atoms with Gasteiger partial charge in [-0.1, -0.05) is 6.07 Å². The average Bonchev–Trinajstić information content (AvgIpc) is 2.67. The van der Waals surface area contributed by atoms with E-state index in [0.29, 0.717) is 12.3 Å². The third kappa shape index (κ3) is 2.32. The molecule has 0 saturated carbocycles. The van der Waals surface area contributed by atoms with Gasteiger partial charge in [0.25, 0.3) is 0 Å². The summed E-state index contributed by atoms with van der Waals surface area (Å²) in [5.41, 5.74) is 15.3. The first-order valence-corrected chi connectivity index (χ1v) is 6.21. The van der Waals surface area contributed by atoms with Crippen molar-refractivity contribution in [3.8, 4) is 0 Å². The summed E-state index contributed by atoms with van der Waals surface area (Å²) in [4.78, 5) is 7.56. The summed E-state index contributed by atoms with van der Waals surface area (Å²) in [5.74, 6) is -0.419. The first-order valence-electron chi connectivity index (χ1n) is 6.21. The van der Waals surface area contributed by atoms with Crippen LogP contribution in [-0.4, -0.2) is 16.6 Å². The second kappa shape index (κ2) is 4.13. The predicted molar refractivity (Wildman–Crippen MR) is 77.6 cm³/mol. The predicted octanol–water partition coefficient (Wildman–Crippen LogP) is 1.11. The van der Waals surface area contributed by atoms with Gasteiger partial charge in [0.15, 0.2) is 5.79 Å². The number of nitrogens with zero attached hydrogens (tertiary/aromatic N) is 1. The Balaban J connectivity index is 1.91. The quantitative estimate of drug-likeness (QED) is 0.647. The van der Waals surface area contributed by atoms with E-state index in [4.69, 9.17) is 11.5 Å². The van der Waals surface area contributed by atoms with E-state index < -0.39 is 5.79 Å². The van der Waals surface area contributed by atoms with Crippen molar-refractivity contribution in [2.75, 3.05) is 0 Å². The summed E-state index contributed by atoms with van der Waals surface area (Å²) in [7, 11) is 0. The summed E-state index contributed by atoms with van der Waals surface area (Å²) in [6.07, 6.45) is 4.02. The average molecular weight is 255 g/mol. The first kappa shape index (κ1) is 11.8. The highest BCUT2D eigenvalue weighted by molar-refractivity contribution is 5.92. The van der Waals surface area contributed by atoms with E-state index in [2.05, 4.69) is 39.6 Å². The Bertz CT molecular complexity index is 682. The summed E-state index contributed by atoms with van der Waals surface area (Å²) < 4.78 is 0. The maximum absolute atomic E-state index is 6.19. The maximum atomic E-state index is 6.19. The van der Waals surface area contributed by atoms with Gasteiger partial charge in [0.05, 0.1) is 0 Å². The van der Waals surface area contributed by atoms with Crippen molar-refractivity contribution in [3.63, 3.8) is 0 Å². The van der Waals surface area contributed by atoms with Crippen LogP contribution in [0.15, 0.2) is 41.5 Å². The van der Waals surface area contributed by atoms with Gasteiger partial charge in [-0.2, -0.15) is 0 Å². The minimum absolute atomic E-state index is 0.444. The lowest BCUT2D eigenvalue weighted by molar-refractivity contribution is 0.390. The molecule has 1 unspecified atom stereocenters. The molecule has 0 radical (unpaired) electrons. The number of aliphatic imine (C=N–C) groups is 1. The SMILES string of the molecule is Cc1cc2cc(CC3(N)N=C(N)C=CN3)ccc2[nH]1. The molecule has 0 fully saturated rings. The minimum Gasteiger partial charge on any atom is -0.384 e. The molecule has 0 aliphatic carbocycles. The van der Waals surface area contributed by atoms with Gasteiger partial charge < -0.3 is 16.0 Å². The number of benzene rings is 1. The third-order valence-electron chi connectivity index (χ3n) is 3.21. The molecule has 5 heteroatoms. The largest absolute Gasteiger partial charge is 0.384 e. The Morgan fingerprint density at radius 3 is 2.95 bits per heavy atom. The smallest absolute Gasteiger partial charge is 0.188 e. The molecule has 6 N–H and O–H groups in total. The third-order valence-corrected chi connectivity index (χ3v) is 3.21. The molecule has 1 aliphatic rings. The zero-order valence-electron chi connectivity index (χ0n) is 10.8. The van der Waals surface area contributed by atoms with Crippen LogP contribution in [0.25, 0.3) is 10.9 Å². The number of nitrogens with two attached hydrogens (primary N) is 2. The van der Waals surface area contributed by atoms with Crippen LogP contribution in [0.5, 0.6) is 0 Å². The molecule has 2 heterocycles. The Morgan fingerprint density at radius 2 is 2.16 bits per heavy atom. The molecular formula is C14H17N5. The number of hydrogen-bond donors (Lipinski definition) is 4. The second-order valence-corrected chi connectivity index (χ2v) is 4.99. The van der Waals surface area contributed by atoms with Gasteiger partial charge in [-0.25, -0.2) is 4.99 Å². The van der Waals surface area contributed by atoms with Crippen molar-refractivity contribution >= 4 is 16.7 Å². The minimum atomic E-state index is -0.863.